The highest BCUT2D eigenvalue weighted by atomic mass is 14.1. The SMILES string of the molecule is CCCCC=CC1C=CCC1. The van der Waals surface area contributed by atoms with Crippen molar-refractivity contribution >= 4 is 0 Å². The molecule has 0 fully saturated rings. The quantitative estimate of drug-likeness (QED) is 0.423. The Balaban J connectivity index is 2.08. The summed E-state index contributed by atoms with van der Waals surface area (Å²) in [5, 5.41) is 0. The second kappa shape index (κ2) is 5.17. The molecule has 0 aliphatic heterocycles. The fourth-order valence-corrected chi connectivity index (χ4v) is 1.41. The van der Waals surface area contributed by atoms with Gasteiger partial charge in [0.1, 0.15) is 0 Å². The standard InChI is InChI=1S/C11H18/c1-2-3-4-5-8-11-9-6-7-10-11/h5-6,8-9,11H,2-4,7,10H2,1H3. The molecule has 1 atom stereocenters. The second-order valence-corrected chi connectivity index (χ2v) is 3.24. The van der Waals surface area contributed by atoms with Gasteiger partial charge in [-0.1, -0.05) is 44.1 Å². The Bertz CT molecular complexity index is 142. The lowest BCUT2D eigenvalue weighted by molar-refractivity contribution is 0.758. The average Bonchev–Trinajstić information content (AvgIpc) is 2.50. The van der Waals surface area contributed by atoms with Crippen LogP contribution in [0.5, 0.6) is 0 Å². The first-order chi connectivity index (χ1) is 5.43. The first kappa shape index (κ1) is 8.58. The van der Waals surface area contributed by atoms with Gasteiger partial charge in [0.2, 0.25) is 0 Å². The molecule has 0 N–H and O–H groups in total. The maximum Gasteiger partial charge on any atom is -0.00506 e. The molecular formula is C11H18. The first-order valence-electron chi connectivity index (χ1n) is 4.77. The molecule has 1 rings (SSSR count). The van der Waals surface area contributed by atoms with Crippen LogP contribution in [0, 0.1) is 5.92 Å². The van der Waals surface area contributed by atoms with E-state index < -0.39 is 0 Å². The van der Waals surface area contributed by atoms with E-state index in [1.807, 2.05) is 0 Å². The van der Waals surface area contributed by atoms with Crippen molar-refractivity contribution < 1.29 is 0 Å². The zero-order chi connectivity index (χ0) is 7.94. The van der Waals surface area contributed by atoms with Crippen molar-refractivity contribution in [2.24, 2.45) is 5.92 Å². The highest BCUT2D eigenvalue weighted by molar-refractivity contribution is 5.05. The van der Waals surface area contributed by atoms with Crippen LogP contribution < -0.4 is 0 Å². The lowest BCUT2D eigenvalue weighted by atomic mass is 10.1. The summed E-state index contributed by atoms with van der Waals surface area (Å²) in [5.74, 6) is 0.756. The van der Waals surface area contributed by atoms with E-state index in [4.69, 9.17) is 0 Å². The Labute approximate surface area is 70.0 Å². The van der Waals surface area contributed by atoms with Crippen molar-refractivity contribution in [1.82, 2.24) is 0 Å². The molecule has 11 heavy (non-hydrogen) atoms. The molecule has 0 heterocycles. The normalized spacial score (nSPS) is 23.5. The molecule has 1 unspecified atom stereocenters. The minimum absolute atomic E-state index is 0.756. The van der Waals surface area contributed by atoms with Crippen molar-refractivity contribution in [1.29, 1.82) is 0 Å². The molecule has 0 aromatic carbocycles. The molecular weight excluding hydrogens is 132 g/mol. The third-order valence-electron chi connectivity index (χ3n) is 2.16. The predicted molar refractivity (Wildman–Crippen MR) is 50.5 cm³/mol. The molecule has 0 bridgehead atoms. The average molecular weight is 150 g/mol. The summed E-state index contributed by atoms with van der Waals surface area (Å²) in [6.07, 6.45) is 15.8. The summed E-state index contributed by atoms with van der Waals surface area (Å²) in [7, 11) is 0. The third-order valence-corrected chi connectivity index (χ3v) is 2.16. The predicted octanol–water partition coefficient (Wildman–Crippen LogP) is 3.70. The highest BCUT2D eigenvalue weighted by Gasteiger charge is 2.02. The Kier molecular flexibility index (Phi) is 4.03. The van der Waals surface area contributed by atoms with Crippen LogP contribution in [0.2, 0.25) is 0 Å². The summed E-state index contributed by atoms with van der Waals surface area (Å²) in [4.78, 5) is 0. The summed E-state index contributed by atoms with van der Waals surface area (Å²) in [6.45, 7) is 2.24. The van der Waals surface area contributed by atoms with Gasteiger partial charge in [0.15, 0.2) is 0 Å². The molecule has 0 heteroatoms. The van der Waals surface area contributed by atoms with Gasteiger partial charge in [-0.3, -0.25) is 0 Å². The van der Waals surface area contributed by atoms with Crippen LogP contribution in [0.1, 0.15) is 39.0 Å². The van der Waals surface area contributed by atoms with Gasteiger partial charge in [-0.15, -0.1) is 0 Å². The zero-order valence-corrected chi connectivity index (χ0v) is 7.42. The number of hydrogen-bond donors (Lipinski definition) is 0. The minimum atomic E-state index is 0.756. The molecule has 0 spiro atoms. The van der Waals surface area contributed by atoms with Crippen LogP contribution in [0.15, 0.2) is 24.3 Å². The Morgan fingerprint density at radius 1 is 1.55 bits per heavy atom. The first-order valence-corrected chi connectivity index (χ1v) is 4.77. The maximum atomic E-state index is 2.36. The number of unbranched alkanes of at least 4 members (excludes halogenated alkanes) is 2. The molecule has 0 amide bonds. The van der Waals surface area contributed by atoms with Gasteiger partial charge in [-0.2, -0.15) is 0 Å². The van der Waals surface area contributed by atoms with Crippen LogP contribution in [-0.4, -0.2) is 0 Å². The fourth-order valence-electron chi connectivity index (χ4n) is 1.41. The Morgan fingerprint density at radius 2 is 2.45 bits per heavy atom. The molecule has 1 aliphatic carbocycles. The zero-order valence-electron chi connectivity index (χ0n) is 7.42. The monoisotopic (exact) mass is 150 g/mol. The topological polar surface area (TPSA) is 0 Å². The van der Waals surface area contributed by atoms with Gasteiger partial charge in [0, 0.05) is 0 Å². The molecule has 0 radical (unpaired) electrons. The molecule has 1 aliphatic rings. The van der Waals surface area contributed by atoms with E-state index in [1.54, 1.807) is 0 Å². The van der Waals surface area contributed by atoms with E-state index in [9.17, 15) is 0 Å². The van der Waals surface area contributed by atoms with Crippen LogP contribution >= 0.6 is 0 Å². The van der Waals surface area contributed by atoms with Gasteiger partial charge in [-0.05, 0) is 25.2 Å². The van der Waals surface area contributed by atoms with E-state index in [-0.39, 0.29) is 0 Å². The summed E-state index contributed by atoms with van der Waals surface area (Å²) >= 11 is 0. The van der Waals surface area contributed by atoms with Crippen LogP contribution in [0.25, 0.3) is 0 Å². The highest BCUT2D eigenvalue weighted by Crippen LogP contribution is 2.18. The molecule has 0 saturated carbocycles. The van der Waals surface area contributed by atoms with Gasteiger partial charge in [-0.25, -0.2) is 0 Å². The molecule has 0 aromatic rings. The fraction of sp³-hybridized carbons (Fsp3) is 0.636. The maximum absolute atomic E-state index is 2.36. The van der Waals surface area contributed by atoms with Gasteiger partial charge >= 0.3 is 0 Å². The van der Waals surface area contributed by atoms with Crippen LogP contribution in [0.4, 0.5) is 0 Å². The largest absolute Gasteiger partial charge is 0.0879 e. The van der Waals surface area contributed by atoms with E-state index in [0.717, 1.165) is 5.92 Å². The number of rotatable bonds is 4. The third kappa shape index (κ3) is 3.41. The molecule has 0 aromatic heterocycles. The number of hydrogen-bond acceptors (Lipinski definition) is 0. The second-order valence-electron chi connectivity index (χ2n) is 3.24. The lowest BCUT2D eigenvalue weighted by Gasteiger charge is -1.97. The van der Waals surface area contributed by atoms with Crippen molar-refractivity contribution in [2.45, 2.75) is 39.0 Å². The van der Waals surface area contributed by atoms with Crippen molar-refractivity contribution in [3.05, 3.63) is 24.3 Å². The van der Waals surface area contributed by atoms with Gasteiger partial charge < -0.3 is 0 Å². The Hall–Kier alpha value is -0.520. The molecule has 62 valence electrons. The van der Waals surface area contributed by atoms with E-state index in [2.05, 4.69) is 31.2 Å². The van der Waals surface area contributed by atoms with Gasteiger partial charge in [0.25, 0.3) is 0 Å². The van der Waals surface area contributed by atoms with Crippen molar-refractivity contribution in [3.8, 4) is 0 Å². The van der Waals surface area contributed by atoms with E-state index >= 15 is 0 Å². The van der Waals surface area contributed by atoms with Gasteiger partial charge in [0.05, 0.1) is 0 Å². The van der Waals surface area contributed by atoms with Crippen molar-refractivity contribution in [2.75, 3.05) is 0 Å². The summed E-state index contributed by atoms with van der Waals surface area (Å²) < 4.78 is 0. The van der Waals surface area contributed by atoms with E-state index in [0.29, 0.717) is 0 Å². The summed E-state index contributed by atoms with van der Waals surface area (Å²) in [5.41, 5.74) is 0. The molecule has 0 saturated heterocycles. The molecule has 0 nitrogen and oxygen atoms in total. The van der Waals surface area contributed by atoms with Crippen molar-refractivity contribution in [3.63, 3.8) is 0 Å². The van der Waals surface area contributed by atoms with E-state index in [1.165, 1.54) is 32.1 Å². The smallest absolute Gasteiger partial charge is 0.00506 e. The lowest BCUT2D eigenvalue weighted by Crippen LogP contribution is -1.83. The minimum Gasteiger partial charge on any atom is -0.0879 e. The Morgan fingerprint density at radius 3 is 3.09 bits per heavy atom. The number of allylic oxidation sites excluding steroid dienone is 4. The van der Waals surface area contributed by atoms with Crippen LogP contribution in [-0.2, 0) is 0 Å². The van der Waals surface area contributed by atoms with Crippen LogP contribution in [0.3, 0.4) is 0 Å². The summed E-state index contributed by atoms with van der Waals surface area (Å²) in [6, 6.07) is 0.